The minimum absolute atomic E-state index is 0.130. The van der Waals surface area contributed by atoms with Gasteiger partial charge in [-0.25, -0.2) is 0 Å². The van der Waals surface area contributed by atoms with Gasteiger partial charge in [-0.3, -0.25) is 4.79 Å². The molecule has 17 heavy (non-hydrogen) atoms. The minimum atomic E-state index is 0.130. The molecule has 0 bridgehead atoms. The highest BCUT2D eigenvalue weighted by Crippen LogP contribution is 2.19. The number of benzene rings is 1. The zero-order chi connectivity index (χ0) is 12.8. The Labute approximate surface area is 109 Å². The van der Waals surface area contributed by atoms with Crippen molar-refractivity contribution < 1.29 is 4.79 Å². The quantitative estimate of drug-likeness (QED) is 0.723. The number of aryl methyl sites for hydroxylation is 1. The lowest BCUT2D eigenvalue weighted by Crippen LogP contribution is -2.25. The van der Waals surface area contributed by atoms with Gasteiger partial charge in [0.1, 0.15) is 0 Å². The average Bonchev–Trinajstić information content (AvgIpc) is 2.33. The van der Waals surface area contributed by atoms with Gasteiger partial charge in [-0.15, -0.1) is 0 Å². The predicted octanol–water partition coefficient (Wildman–Crippen LogP) is 3.56. The molecule has 1 aromatic carbocycles. The summed E-state index contributed by atoms with van der Waals surface area (Å²) in [6, 6.07) is 5.58. The zero-order valence-corrected chi connectivity index (χ0v) is 11.5. The smallest absolute Gasteiger partial charge is 0.165 e. The summed E-state index contributed by atoms with van der Waals surface area (Å²) in [6.45, 7) is 8.94. The predicted molar refractivity (Wildman–Crippen MR) is 72.9 cm³/mol. The van der Waals surface area contributed by atoms with Crippen LogP contribution in [-0.4, -0.2) is 30.3 Å². The summed E-state index contributed by atoms with van der Waals surface area (Å²) < 4.78 is 0. The molecule has 0 N–H and O–H groups in total. The molecule has 0 fully saturated rings. The number of Topliss-reactive ketones (excluding diaryl/α,β-unsaturated/α-hetero) is 1. The summed E-state index contributed by atoms with van der Waals surface area (Å²) in [7, 11) is 0. The van der Waals surface area contributed by atoms with Crippen LogP contribution in [0.15, 0.2) is 18.2 Å². The van der Waals surface area contributed by atoms with Crippen molar-refractivity contribution in [2.45, 2.75) is 27.2 Å². The summed E-state index contributed by atoms with van der Waals surface area (Å²) in [5.74, 6) is 0.130. The van der Waals surface area contributed by atoms with E-state index in [1.165, 1.54) is 0 Å². The molecule has 0 saturated heterocycles. The molecule has 0 aliphatic rings. The largest absolute Gasteiger partial charge is 0.303 e. The second-order valence-corrected chi connectivity index (χ2v) is 4.59. The lowest BCUT2D eigenvalue weighted by atomic mass is 10.1. The third-order valence-corrected chi connectivity index (χ3v) is 3.30. The second-order valence-electron chi connectivity index (χ2n) is 4.18. The van der Waals surface area contributed by atoms with Gasteiger partial charge in [0.2, 0.25) is 0 Å². The molecule has 3 heteroatoms. The highest BCUT2D eigenvalue weighted by atomic mass is 35.5. The summed E-state index contributed by atoms with van der Waals surface area (Å²) in [4.78, 5) is 14.3. The van der Waals surface area contributed by atoms with Crippen molar-refractivity contribution in [3.8, 4) is 0 Å². The molecule has 1 aromatic rings. The maximum absolute atomic E-state index is 12.0. The molecule has 0 aromatic heterocycles. The lowest BCUT2D eigenvalue weighted by molar-refractivity contribution is 0.0966. The van der Waals surface area contributed by atoms with Gasteiger partial charge in [0.15, 0.2) is 5.78 Å². The standard InChI is InChI=1S/C14H20ClNO/c1-4-16(5-2)9-8-14(17)12-10-11(3)6-7-13(12)15/h6-7,10H,4-5,8-9H2,1-3H3. The number of rotatable bonds is 6. The van der Waals surface area contributed by atoms with Crippen molar-refractivity contribution >= 4 is 17.4 Å². The third-order valence-electron chi connectivity index (χ3n) is 2.97. The number of nitrogens with zero attached hydrogens (tertiary/aromatic N) is 1. The molecule has 0 saturated carbocycles. The van der Waals surface area contributed by atoms with Crippen LogP contribution in [0.25, 0.3) is 0 Å². The summed E-state index contributed by atoms with van der Waals surface area (Å²) in [5.41, 5.74) is 1.72. The number of hydrogen-bond donors (Lipinski definition) is 0. The number of ketones is 1. The first kappa shape index (κ1) is 14.2. The van der Waals surface area contributed by atoms with Crippen molar-refractivity contribution in [1.82, 2.24) is 4.90 Å². The Morgan fingerprint density at radius 2 is 1.94 bits per heavy atom. The molecule has 0 radical (unpaired) electrons. The van der Waals surface area contributed by atoms with Crippen molar-refractivity contribution in [3.63, 3.8) is 0 Å². The first-order valence-corrected chi connectivity index (χ1v) is 6.48. The fraction of sp³-hybridized carbons (Fsp3) is 0.500. The number of halogens is 1. The second kappa shape index (κ2) is 6.77. The monoisotopic (exact) mass is 253 g/mol. The van der Waals surface area contributed by atoms with Gasteiger partial charge in [0.25, 0.3) is 0 Å². The van der Waals surface area contributed by atoms with E-state index >= 15 is 0 Å². The van der Waals surface area contributed by atoms with E-state index < -0.39 is 0 Å². The first-order chi connectivity index (χ1) is 8.08. The van der Waals surface area contributed by atoms with Crippen molar-refractivity contribution in [1.29, 1.82) is 0 Å². The van der Waals surface area contributed by atoms with Gasteiger partial charge >= 0.3 is 0 Å². The van der Waals surface area contributed by atoms with E-state index in [0.29, 0.717) is 17.0 Å². The molecule has 2 nitrogen and oxygen atoms in total. The highest BCUT2D eigenvalue weighted by Gasteiger charge is 2.11. The van der Waals surface area contributed by atoms with Crippen LogP contribution in [0.1, 0.15) is 36.2 Å². The Bertz CT molecular complexity index is 386. The Balaban J connectivity index is 2.66. The van der Waals surface area contributed by atoms with E-state index in [0.717, 1.165) is 25.2 Å². The Morgan fingerprint density at radius 1 is 1.29 bits per heavy atom. The van der Waals surface area contributed by atoms with E-state index in [1.54, 1.807) is 6.07 Å². The van der Waals surface area contributed by atoms with Crippen LogP contribution in [0.5, 0.6) is 0 Å². The van der Waals surface area contributed by atoms with E-state index in [2.05, 4.69) is 18.7 Å². The zero-order valence-electron chi connectivity index (χ0n) is 10.8. The van der Waals surface area contributed by atoms with Gasteiger partial charge in [0, 0.05) is 18.5 Å². The molecule has 0 amide bonds. The van der Waals surface area contributed by atoms with E-state index in [1.807, 2.05) is 19.1 Å². The Kier molecular flexibility index (Phi) is 5.66. The van der Waals surface area contributed by atoms with Crippen molar-refractivity contribution in [2.75, 3.05) is 19.6 Å². The fourth-order valence-electron chi connectivity index (χ4n) is 1.79. The van der Waals surface area contributed by atoms with Crippen LogP contribution in [-0.2, 0) is 0 Å². The maximum Gasteiger partial charge on any atom is 0.165 e. The lowest BCUT2D eigenvalue weighted by Gasteiger charge is -2.17. The van der Waals surface area contributed by atoms with Crippen LogP contribution in [0.3, 0.4) is 0 Å². The van der Waals surface area contributed by atoms with E-state index in [-0.39, 0.29) is 5.78 Å². The van der Waals surface area contributed by atoms with Crippen LogP contribution >= 0.6 is 11.6 Å². The maximum atomic E-state index is 12.0. The third kappa shape index (κ3) is 4.14. The molecule has 0 atom stereocenters. The fourth-order valence-corrected chi connectivity index (χ4v) is 2.01. The van der Waals surface area contributed by atoms with Crippen LogP contribution < -0.4 is 0 Å². The normalized spacial score (nSPS) is 10.9. The van der Waals surface area contributed by atoms with Crippen LogP contribution in [0.4, 0.5) is 0 Å². The molecule has 0 heterocycles. The van der Waals surface area contributed by atoms with E-state index in [9.17, 15) is 4.79 Å². The molecule has 0 aliphatic heterocycles. The molecule has 0 spiro atoms. The van der Waals surface area contributed by atoms with Gasteiger partial charge < -0.3 is 4.90 Å². The van der Waals surface area contributed by atoms with Gasteiger partial charge in [0.05, 0.1) is 5.02 Å². The molecular weight excluding hydrogens is 234 g/mol. The number of hydrogen-bond acceptors (Lipinski definition) is 2. The average molecular weight is 254 g/mol. The topological polar surface area (TPSA) is 20.3 Å². The Hall–Kier alpha value is -0.860. The van der Waals surface area contributed by atoms with Gasteiger partial charge in [-0.05, 0) is 32.1 Å². The first-order valence-electron chi connectivity index (χ1n) is 6.10. The van der Waals surface area contributed by atoms with Gasteiger partial charge in [-0.2, -0.15) is 0 Å². The Morgan fingerprint density at radius 3 is 2.53 bits per heavy atom. The van der Waals surface area contributed by atoms with E-state index in [4.69, 9.17) is 11.6 Å². The van der Waals surface area contributed by atoms with Gasteiger partial charge in [-0.1, -0.05) is 37.1 Å². The van der Waals surface area contributed by atoms with Crippen molar-refractivity contribution in [2.24, 2.45) is 0 Å². The molecule has 0 unspecified atom stereocenters. The number of carbonyl (C=O) groups is 1. The SMILES string of the molecule is CCN(CC)CCC(=O)c1cc(C)ccc1Cl. The molecule has 94 valence electrons. The highest BCUT2D eigenvalue weighted by molar-refractivity contribution is 6.34. The molecule has 1 rings (SSSR count). The summed E-state index contributed by atoms with van der Waals surface area (Å²) in [5, 5.41) is 0.556. The summed E-state index contributed by atoms with van der Waals surface area (Å²) in [6.07, 6.45) is 0.533. The minimum Gasteiger partial charge on any atom is -0.303 e. The van der Waals surface area contributed by atoms with Crippen LogP contribution in [0.2, 0.25) is 5.02 Å². The molecular formula is C14H20ClNO. The van der Waals surface area contributed by atoms with Crippen LogP contribution in [0, 0.1) is 6.92 Å². The number of carbonyl (C=O) groups excluding carboxylic acids is 1. The molecule has 0 aliphatic carbocycles. The van der Waals surface area contributed by atoms with Crippen molar-refractivity contribution in [3.05, 3.63) is 34.3 Å². The summed E-state index contributed by atoms with van der Waals surface area (Å²) >= 11 is 6.04.